The van der Waals surface area contributed by atoms with Gasteiger partial charge in [-0.05, 0) is 34.7 Å². The molecule has 84 valence electrons. The summed E-state index contributed by atoms with van der Waals surface area (Å²) in [7, 11) is 0. The fourth-order valence-electron chi connectivity index (χ4n) is 1.61. The van der Waals surface area contributed by atoms with E-state index in [0.717, 1.165) is 16.8 Å². The van der Waals surface area contributed by atoms with E-state index in [2.05, 4.69) is 10.1 Å². The summed E-state index contributed by atoms with van der Waals surface area (Å²) in [6.07, 6.45) is 3.33. The van der Waals surface area contributed by atoms with Crippen LogP contribution in [0.1, 0.15) is 9.67 Å². The summed E-state index contributed by atoms with van der Waals surface area (Å²) >= 11 is 1.34. The minimum absolute atomic E-state index is 0.398. The van der Waals surface area contributed by atoms with E-state index in [-0.39, 0.29) is 0 Å². The molecule has 0 saturated carbocycles. The number of primary amides is 1. The molecule has 2 N–H and O–H groups in total. The number of aromatic nitrogens is 3. The number of nitrogens with zero attached hydrogens (tertiary/aromatic N) is 3. The number of amides is 1. The Morgan fingerprint density at radius 1 is 1.35 bits per heavy atom. The maximum Gasteiger partial charge on any atom is 0.258 e. The Morgan fingerprint density at radius 3 is 3.00 bits per heavy atom. The van der Waals surface area contributed by atoms with E-state index in [4.69, 9.17) is 5.73 Å². The van der Waals surface area contributed by atoms with Crippen LogP contribution >= 0.6 is 11.3 Å². The van der Waals surface area contributed by atoms with Crippen molar-refractivity contribution in [1.29, 1.82) is 0 Å². The van der Waals surface area contributed by atoms with Gasteiger partial charge < -0.3 is 5.73 Å². The second kappa shape index (κ2) is 3.67. The molecular formula is C11H8N4OS. The van der Waals surface area contributed by atoms with Crippen molar-refractivity contribution in [3.8, 4) is 11.1 Å². The van der Waals surface area contributed by atoms with Gasteiger partial charge in [0.1, 0.15) is 6.33 Å². The SMILES string of the molecule is NC(=O)c1cc(-c2ccn3ncnc3c2)cs1. The molecule has 0 spiro atoms. The van der Waals surface area contributed by atoms with Gasteiger partial charge in [-0.15, -0.1) is 11.3 Å². The largest absolute Gasteiger partial charge is 0.365 e. The molecule has 0 fully saturated rings. The van der Waals surface area contributed by atoms with E-state index in [1.54, 1.807) is 10.6 Å². The van der Waals surface area contributed by atoms with Gasteiger partial charge in [0, 0.05) is 6.20 Å². The average molecular weight is 244 g/mol. The van der Waals surface area contributed by atoms with Crippen LogP contribution in [0.15, 0.2) is 36.1 Å². The fraction of sp³-hybridized carbons (Fsp3) is 0. The van der Waals surface area contributed by atoms with E-state index < -0.39 is 5.91 Å². The maximum atomic E-state index is 11.0. The summed E-state index contributed by atoms with van der Waals surface area (Å²) in [5, 5.41) is 5.93. The van der Waals surface area contributed by atoms with Crippen LogP contribution in [0.25, 0.3) is 16.8 Å². The van der Waals surface area contributed by atoms with E-state index in [9.17, 15) is 4.79 Å². The summed E-state index contributed by atoms with van der Waals surface area (Å²) in [4.78, 5) is 15.7. The van der Waals surface area contributed by atoms with Crippen LogP contribution in [0.3, 0.4) is 0 Å². The summed E-state index contributed by atoms with van der Waals surface area (Å²) in [6, 6.07) is 5.63. The van der Waals surface area contributed by atoms with Crippen LogP contribution in [0.2, 0.25) is 0 Å². The monoisotopic (exact) mass is 244 g/mol. The molecule has 5 nitrogen and oxygen atoms in total. The standard InChI is InChI=1S/C11H8N4OS/c12-11(16)9-3-8(5-17-9)7-1-2-15-10(4-7)13-6-14-15/h1-6H,(H2,12,16). The van der Waals surface area contributed by atoms with Crippen molar-refractivity contribution in [2.75, 3.05) is 0 Å². The van der Waals surface area contributed by atoms with Crippen LogP contribution in [-0.4, -0.2) is 20.5 Å². The zero-order valence-corrected chi connectivity index (χ0v) is 9.52. The van der Waals surface area contributed by atoms with Gasteiger partial charge >= 0.3 is 0 Å². The minimum Gasteiger partial charge on any atom is -0.365 e. The molecule has 17 heavy (non-hydrogen) atoms. The number of carbonyl (C=O) groups excluding carboxylic acids is 1. The zero-order valence-electron chi connectivity index (χ0n) is 8.70. The number of hydrogen-bond acceptors (Lipinski definition) is 4. The Labute approximate surface area is 101 Å². The third-order valence-corrected chi connectivity index (χ3v) is 3.40. The van der Waals surface area contributed by atoms with Crippen LogP contribution in [-0.2, 0) is 0 Å². The lowest BCUT2D eigenvalue weighted by atomic mass is 10.1. The van der Waals surface area contributed by atoms with Gasteiger partial charge in [-0.3, -0.25) is 4.79 Å². The molecule has 0 aromatic carbocycles. The van der Waals surface area contributed by atoms with Gasteiger partial charge in [0.2, 0.25) is 0 Å². The molecule has 3 heterocycles. The Hall–Kier alpha value is -2.21. The van der Waals surface area contributed by atoms with E-state index in [1.807, 2.05) is 23.7 Å². The molecule has 3 aromatic heterocycles. The lowest BCUT2D eigenvalue weighted by molar-refractivity contribution is 0.100. The molecule has 6 heteroatoms. The topological polar surface area (TPSA) is 73.3 Å². The number of thiophene rings is 1. The summed E-state index contributed by atoms with van der Waals surface area (Å²) in [5.74, 6) is -0.398. The number of nitrogens with two attached hydrogens (primary N) is 1. The number of hydrogen-bond donors (Lipinski definition) is 1. The molecule has 3 rings (SSSR count). The number of rotatable bonds is 2. The second-order valence-corrected chi connectivity index (χ2v) is 4.45. The molecule has 0 unspecified atom stereocenters. The number of carbonyl (C=O) groups is 1. The second-order valence-electron chi connectivity index (χ2n) is 3.54. The molecule has 0 radical (unpaired) electrons. The zero-order chi connectivity index (χ0) is 11.8. The minimum atomic E-state index is -0.398. The van der Waals surface area contributed by atoms with Gasteiger partial charge in [-0.2, -0.15) is 5.10 Å². The van der Waals surface area contributed by atoms with Crippen molar-refractivity contribution in [1.82, 2.24) is 14.6 Å². The van der Waals surface area contributed by atoms with E-state index in [0.29, 0.717) is 4.88 Å². The molecule has 3 aromatic rings. The Morgan fingerprint density at radius 2 is 2.24 bits per heavy atom. The van der Waals surface area contributed by atoms with E-state index in [1.165, 1.54) is 17.7 Å². The van der Waals surface area contributed by atoms with Crippen LogP contribution in [0.5, 0.6) is 0 Å². The highest BCUT2D eigenvalue weighted by molar-refractivity contribution is 7.12. The van der Waals surface area contributed by atoms with Crippen molar-refractivity contribution >= 4 is 22.9 Å². The normalized spacial score (nSPS) is 10.8. The number of pyridine rings is 1. The highest BCUT2D eigenvalue weighted by atomic mass is 32.1. The lowest BCUT2D eigenvalue weighted by Crippen LogP contribution is -2.08. The smallest absolute Gasteiger partial charge is 0.258 e. The predicted octanol–water partition coefficient (Wildman–Crippen LogP) is 1.56. The van der Waals surface area contributed by atoms with Gasteiger partial charge in [0.25, 0.3) is 5.91 Å². The fourth-order valence-corrected chi connectivity index (χ4v) is 2.38. The molecular weight excluding hydrogens is 236 g/mol. The first-order valence-corrected chi connectivity index (χ1v) is 5.80. The molecule has 0 aliphatic carbocycles. The predicted molar refractivity (Wildman–Crippen MR) is 64.8 cm³/mol. The molecule has 1 amide bonds. The molecule has 0 saturated heterocycles. The van der Waals surface area contributed by atoms with Gasteiger partial charge in [0.05, 0.1) is 4.88 Å². The Kier molecular flexibility index (Phi) is 2.15. The molecule has 0 atom stereocenters. The van der Waals surface area contributed by atoms with Crippen molar-refractivity contribution in [3.63, 3.8) is 0 Å². The highest BCUT2D eigenvalue weighted by Gasteiger charge is 2.07. The van der Waals surface area contributed by atoms with Crippen LogP contribution in [0.4, 0.5) is 0 Å². The summed E-state index contributed by atoms with van der Waals surface area (Å²) in [6.45, 7) is 0. The maximum absolute atomic E-state index is 11.0. The van der Waals surface area contributed by atoms with Gasteiger partial charge in [-0.25, -0.2) is 9.50 Å². The van der Waals surface area contributed by atoms with Crippen molar-refractivity contribution in [2.45, 2.75) is 0 Å². The van der Waals surface area contributed by atoms with Gasteiger partial charge in [0.15, 0.2) is 5.65 Å². The first-order chi connectivity index (χ1) is 8.24. The quantitative estimate of drug-likeness (QED) is 0.743. The first kappa shape index (κ1) is 9.98. The first-order valence-electron chi connectivity index (χ1n) is 4.92. The summed E-state index contributed by atoms with van der Waals surface area (Å²) in [5.41, 5.74) is 7.96. The summed E-state index contributed by atoms with van der Waals surface area (Å²) < 4.78 is 1.69. The van der Waals surface area contributed by atoms with Crippen molar-refractivity contribution < 1.29 is 4.79 Å². The van der Waals surface area contributed by atoms with E-state index >= 15 is 0 Å². The molecule has 0 bridgehead atoms. The third kappa shape index (κ3) is 1.68. The lowest BCUT2D eigenvalue weighted by Gasteiger charge is -1.97. The molecule has 0 aliphatic heterocycles. The van der Waals surface area contributed by atoms with Crippen molar-refractivity contribution in [2.24, 2.45) is 5.73 Å². The van der Waals surface area contributed by atoms with Crippen LogP contribution < -0.4 is 5.73 Å². The van der Waals surface area contributed by atoms with Gasteiger partial charge in [-0.1, -0.05) is 0 Å². The third-order valence-electron chi connectivity index (χ3n) is 2.46. The molecule has 0 aliphatic rings. The average Bonchev–Trinajstić information content (AvgIpc) is 2.97. The Balaban J connectivity index is 2.09. The Bertz CT molecular complexity index is 700. The van der Waals surface area contributed by atoms with Crippen molar-refractivity contribution in [3.05, 3.63) is 41.0 Å². The number of fused-ring (bicyclic) bond motifs is 1. The highest BCUT2D eigenvalue weighted by Crippen LogP contribution is 2.25. The van der Waals surface area contributed by atoms with Crippen LogP contribution in [0, 0.1) is 0 Å².